The third-order valence-corrected chi connectivity index (χ3v) is 1.99. The van der Waals surface area contributed by atoms with Crippen LogP contribution < -0.4 is 0 Å². The van der Waals surface area contributed by atoms with Gasteiger partial charge in [0.2, 0.25) is 6.23 Å². The van der Waals surface area contributed by atoms with Crippen molar-refractivity contribution in [1.82, 2.24) is 4.90 Å². The van der Waals surface area contributed by atoms with E-state index in [9.17, 15) is 18.0 Å². The summed E-state index contributed by atoms with van der Waals surface area (Å²) < 4.78 is 35.9. The van der Waals surface area contributed by atoms with Gasteiger partial charge < -0.3 is 5.11 Å². The minimum atomic E-state index is -4.62. The molecule has 3 nitrogen and oxygen atoms in total. The first-order chi connectivity index (χ1) is 5.91. The number of hydrogen-bond donors (Lipinski definition) is 1. The molecule has 0 bridgehead atoms. The number of hydrogen-bond acceptors (Lipinski definition) is 3. The number of likely N-dealkylation sites (tertiary alicyclic amines) is 1. The zero-order valence-electron chi connectivity index (χ0n) is 6.84. The lowest BCUT2D eigenvalue weighted by Gasteiger charge is -2.31. The molecule has 1 N–H and O–H groups in total. The van der Waals surface area contributed by atoms with Crippen LogP contribution >= 0.6 is 0 Å². The zero-order chi connectivity index (χ0) is 10.1. The molecular formula is C7H10F3NO2. The molecule has 0 radical (unpaired) electrons. The van der Waals surface area contributed by atoms with E-state index >= 15 is 0 Å². The van der Waals surface area contributed by atoms with Crippen molar-refractivity contribution < 1.29 is 23.1 Å². The molecule has 0 aromatic carbocycles. The number of carbonyl (C=O) groups excluding carboxylic acids is 1. The maximum Gasteiger partial charge on any atom is 0.428 e. The molecule has 0 aromatic rings. The topological polar surface area (TPSA) is 40.5 Å². The summed E-state index contributed by atoms with van der Waals surface area (Å²) in [5.41, 5.74) is 0. The number of ketones is 1. The van der Waals surface area contributed by atoms with E-state index in [4.69, 9.17) is 5.11 Å². The maximum absolute atomic E-state index is 12.0. The summed E-state index contributed by atoms with van der Waals surface area (Å²) in [5.74, 6) is -0.0503. The van der Waals surface area contributed by atoms with Crippen molar-refractivity contribution in [3.8, 4) is 0 Å². The number of aliphatic hydroxyl groups is 1. The molecule has 1 unspecified atom stereocenters. The summed E-state index contributed by atoms with van der Waals surface area (Å²) in [6, 6.07) is 0. The van der Waals surface area contributed by atoms with Crippen LogP contribution in [0.4, 0.5) is 13.2 Å². The second-order valence-corrected chi connectivity index (χ2v) is 2.99. The second kappa shape index (κ2) is 3.63. The summed E-state index contributed by atoms with van der Waals surface area (Å²) in [7, 11) is 0. The van der Waals surface area contributed by atoms with Crippen molar-refractivity contribution in [3.05, 3.63) is 0 Å². The van der Waals surface area contributed by atoms with Gasteiger partial charge in [-0.3, -0.25) is 9.69 Å². The van der Waals surface area contributed by atoms with Crippen LogP contribution in [0.3, 0.4) is 0 Å². The lowest BCUT2D eigenvalue weighted by Crippen LogP contribution is -2.49. The first-order valence-corrected chi connectivity index (χ1v) is 3.92. The molecule has 6 heteroatoms. The fraction of sp³-hybridized carbons (Fsp3) is 0.857. The number of piperidine rings is 1. The van der Waals surface area contributed by atoms with E-state index in [2.05, 4.69) is 0 Å². The van der Waals surface area contributed by atoms with Gasteiger partial charge in [0.15, 0.2) is 0 Å². The number of nitrogens with zero attached hydrogens (tertiary/aromatic N) is 1. The van der Waals surface area contributed by atoms with E-state index in [-0.39, 0.29) is 31.7 Å². The van der Waals surface area contributed by atoms with Crippen LogP contribution in [0.2, 0.25) is 0 Å². The molecule has 1 saturated heterocycles. The van der Waals surface area contributed by atoms with Gasteiger partial charge in [0.1, 0.15) is 5.78 Å². The Hall–Kier alpha value is -0.620. The fourth-order valence-corrected chi connectivity index (χ4v) is 1.23. The van der Waals surface area contributed by atoms with E-state index in [1.807, 2.05) is 0 Å². The van der Waals surface area contributed by atoms with Crippen LogP contribution in [-0.4, -0.2) is 41.3 Å². The van der Waals surface area contributed by atoms with E-state index in [1.165, 1.54) is 0 Å². The predicted molar refractivity (Wildman–Crippen MR) is 37.9 cm³/mol. The molecule has 1 aliphatic rings. The van der Waals surface area contributed by atoms with Crippen LogP contribution in [0.25, 0.3) is 0 Å². The van der Waals surface area contributed by atoms with Crippen molar-refractivity contribution in [2.45, 2.75) is 25.2 Å². The van der Waals surface area contributed by atoms with Gasteiger partial charge in [-0.1, -0.05) is 0 Å². The predicted octanol–water partition coefficient (Wildman–Crippen LogP) is 0.532. The van der Waals surface area contributed by atoms with Crippen molar-refractivity contribution in [2.75, 3.05) is 13.1 Å². The normalized spacial score (nSPS) is 23.2. The summed E-state index contributed by atoms with van der Waals surface area (Å²) in [6.45, 7) is -0.0288. The molecule has 1 aliphatic heterocycles. The summed E-state index contributed by atoms with van der Waals surface area (Å²) in [6.07, 6.45) is -6.87. The Balaban J connectivity index is 2.49. The molecule has 1 atom stereocenters. The smallest absolute Gasteiger partial charge is 0.370 e. The third kappa shape index (κ3) is 2.67. The van der Waals surface area contributed by atoms with E-state index in [0.717, 1.165) is 4.90 Å². The Morgan fingerprint density at radius 2 is 1.77 bits per heavy atom. The lowest BCUT2D eigenvalue weighted by atomic mass is 10.1. The molecule has 0 amide bonds. The second-order valence-electron chi connectivity index (χ2n) is 2.99. The number of carbonyl (C=O) groups is 1. The minimum Gasteiger partial charge on any atom is -0.370 e. The Bertz CT molecular complexity index is 194. The Morgan fingerprint density at radius 1 is 1.31 bits per heavy atom. The summed E-state index contributed by atoms with van der Waals surface area (Å²) in [5, 5.41) is 8.79. The van der Waals surface area contributed by atoms with Gasteiger partial charge in [-0.25, -0.2) is 0 Å². The van der Waals surface area contributed by atoms with Crippen LogP contribution in [0, 0.1) is 0 Å². The zero-order valence-corrected chi connectivity index (χ0v) is 6.84. The minimum absolute atomic E-state index is 0.0144. The molecule has 1 fully saturated rings. The van der Waals surface area contributed by atoms with Gasteiger partial charge in [-0.2, -0.15) is 13.2 Å². The summed E-state index contributed by atoms with van der Waals surface area (Å²) in [4.78, 5) is 11.6. The molecule has 0 aromatic heterocycles. The number of halogens is 3. The molecule has 1 rings (SSSR count). The Labute approximate surface area is 73.1 Å². The molecular weight excluding hydrogens is 187 g/mol. The van der Waals surface area contributed by atoms with Crippen molar-refractivity contribution in [1.29, 1.82) is 0 Å². The fourth-order valence-electron chi connectivity index (χ4n) is 1.23. The number of rotatable bonds is 1. The van der Waals surface area contributed by atoms with Crippen molar-refractivity contribution >= 4 is 5.78 Å². The molecule has 0 saturated carbocycles. The standard InChI is InChI=1S/C7H10F3NO2/c8-7(9,10)6(13)11-3-1-5(12)2-4-11/h6,13H,1-4H2. The monoisotopic (exact) mass is 197 g/mol. The Kier molecular flexibility index (Phi) is 2.92. The van der Waals surface area contributed by atoms with Crippen molar-refractivity contribution in [2.24, 2.45) is 0 Å². The Morgan fingerprint density at radius 3 is 2.15 bits per heavy atom. The van der Waals surface area contributed by atoms with Crippen LogP contribution in [0.5, 0.6) is 0 Å². The van der Waals surface area contributed by atoms with E-state index in [0.29, 0.717) is 0 Å². The highest BCUT2D eigenvalue weighted by Crippen LogP contribution is 2.24. The van der Waals surface area contributed by atoms with Gasteiger partial charge in [-0.15, -0.1) is 0 Å². The number of aliphatic hydroxyl groups excluding tert-OH is 1. The van der Waals surface area contributed by atoms with Gasteiger partial charge in [0.05, 0.1) is 0 Å². The first kappa shape index (κ1) is 10.5. The quantitative estimate of drug-likeness (QED) is 0.666. The van der Waals surface area contributed by atoms with E-state index in [1.54, 1.807) is 0 Å². The maximum atomic E-state index is 12.0. The van der Waals surface area contributed by atoms with Gasteiger partial charge >= 0.3 is 6.18 Å². The van der Waals surface area contributed by atoms with Gasteiger partial charge in [0, 0.05) is 25.9 Å². The lowest BCUT2D eigenvalue weighted by molar-refractivity contribution is -0.251. The highest BCUT2D eigenvalue weighted by atomic mass is 19.4. The number of alkyl halides is 3. The van der Waals surface area contributed by atoms with Crippen molar-refractivity contribution in [3.63, 3.8) is 0 Å². The van der Waals surface area contributed by atoms with Crippen LogP contribution in [0.15, 0.2) is 0 Å². The van der Waals surface area contributed by atoms with Crippen LogP contribution in [-0.2, 0) is 4.79 Å². The molecule has 1 heterocycles. The highest BCUT2D eigenvalue weighted by Gasteiger charge is 2.43. The van der Waals surface area contributed by atoms with Gasteiger partial charge in [-0.05, 0) is 0 Å². The third-order valence-electron chi connectivity index (χ3n) is 1.99. The molecule has 0 spiro atoms. The molecule has 76 valence electrons. The highest BCUT2D eigenvalue weighted by molar-refractivity contribution is 5.79. The van der Waals surface area contributed by atoms with E-state index < -0.39 is 12.4 Å². The number of Topliss-reactive ketones (excluding diaryl/α,β-unsaturated/α-hetero) is 1. The SMILES string of the molecule is O=C1CCN(C(O)C(F)(F)F)CC1. The van der Waals surface area contributed by atoms with Crippen LogP contribution in [0.1, 0.15) is 12.8 Å². The molecule has 0 aliphatic carbocycles. The average molecular weight is 197 g/mol. The summed E-state index contributed by atoms with van der Waals surface area (Å²) >= 11 is 0. The molecule has 13 heavy (non-hydrogen) atoms. The van der Waals surface area contributed by atoms with Gasteiger partial charge in [0.25, 0.3) is 0 Å². The first-order valence-electron chi connectivity index (χ1n) is 3.92. The average Bonchev–Trinajstić information content (AvgIpc) is 2.03. The largest absolute Gasteiger partial charge is 0.428 e.